The first-order valence-corrected chi connectivity index (χ1v) is 10.7. The molecule has 0 spiro atoms. The van der Waals surface area contributed by atoms with Gasteiger partial charge in [0.25, 0.3) is 10.0 Å². The third kappa shape index (κ3) is 3.96. The van der Waals surface area contributed by atoms with Crippen molar-refractivity contribution in [3.63, 3.8) is 0 Å². The summed E-state index contributed by atoms with van der Waals surface area (Å²) >= 11 is 9.36. The summed E-state index contributed by atoms with van der Waals surface area (Å²) in [6.07, 6.45) is 0. The topological polar surface area (TPSA) is 46.2 Å². The first-order chi connectivity index (χ1) is 11.0. The third-order valence-electron chi connectivity index (χ3n) is 3.23. The van der Waals surface area contributed by atoms with E-state index in [1.165, 1.54) is 6.07 Å². The molecule has 0 radical (unpaired) electrons. The zero-order valence-corrected chi connectivity index (χ0v) is 15.0. The highest BCUT2D eigenvalue weighted by atomic mass is 35.5. The number of halogens is 2. The van der Waals surface area contributed by atoms with Gasteiger partial charge < -0.3 is 0 Å². The van der Waals surface area contributed by atoms with E-state index in [-0.39, 0.29) is 9.92 Å². The Hall–Kier alpha value is -0.890. The van der Waals surface area contributed by atoms with Gasteiger partial charge >= 0.3 is 0 Å². The van der Waals surface area contributed by atoms with E-state index < -0.39 is 15.8 Å². The minimum absolute atomic E-state index is 0.0704. The van der Waals surface area contributed by atoms with E-state index in [9.17, 15) is 12.8 Å². The first-order valence-electron chi connectivity index (χ1n) is 6.77. The van der Waals surface area contributed by atoms with Crippen LogP contribution in [0.3, 0.4) is 0 Å². The van der Waals surface area contributed by atoms with Crippen molar-refractivity contribution < 1.29 is 12.8 Å². The second-order valence-electron chi connectivity index (χ2n) is 4.88. The molecule has 1 aliphatic rings. The fraction of sp³-hybridized carbons (Fsp3) is 0.200. The summed E-state index contributed by atoms with van der Waals surface area (Å²) < 4.78 is 40.8. The molecule has 0 aromatic heterocycles. The predicted molar refractivity (Wildman–Crippen MR) is 96.3 cm³/mol. The molecular formula is C15H13ClFNO2S3. The van der Waals surface area contributed by atoms with Crippen molar-refractivity contribution in [1.82, 2.24) is 0 Å². The maximum Gasteiger partial charge on any atom is 0.261 e. The number of hydrogen-bond acceptors (Lipinski definition) is 4. The molecule has 0 aliphatic carbocycles. The van der Waals surface area contributed by atoms with Gasteiger partial charge in [0.1, 0.15) is 5.82 Å². The quantitative estimate of drug-likeness (QED) is 0.818. The van der Waals surface area contributed by atoms with Gasteiger partial charge in [0, 0.05) is 17.2 Å². The number of hydrogen-bond donors (Lipinski definition) is 1. The van der Waals surface area contributed by atoms with Crippen LogP contribution in [0.2, 0.25) is 5.02 Å². The van der Waals surface area contributed by atoms with Crippen LogP contribution in [-0.4, -0.2) is 19.9 Å². The monoisotopic (exact) mass is 389 g/mol. The molecule has 3 nitrogen and oxygen atoms in total. The van der Waals surface area contributed by atoms with E-state index in [2.05, 4.69) is 4.72 Å². The molecule has 1 fully saturated rings. The van der Waals surface area contributed by atoms with Crippen LogP contribution in [0.25, 0.3) is 0 Å². The van der Waals surface area contributed by atoms with Crippen LogP contribution in [0.4, 0.5) is 10.1 Å². The molecule has 0 bridgehead atoms. The smallest absolute Gasteiger partial charge is 0.261 e. The van der Waals surface area contributed by atoms with E-state index in [1.807, 2.05) is 41.7 Å². The second kappa shape index (κ2) is 6.93. The SMILES string of the molecule is O=S(=O)(Nc1cccc(C2SCCS2)c1)c1ccc(F)c(Cl)c1. The van der Waals surface area contributed by atoms with Crippen molar-refractivity contribution in [2.24, 2.45) is 0 Å². The highest BCUT2D eigenvalue weighted by molar-refractivity contribution is 8.19. The second-order valence-corrected chi connectivity index (χ2v) is 9.69. The Labute approximate surface area is 148 Å². The minimum Gasteiger partial charge on any atom is -0.280 e. The Morgan fingerprint density at radius 2 is 1.87 bits per heavy atom. The molecule has 0 unspecified atom stereocenters. The van der Waals surface area contributed by atoms with E-state index in [1.54, 1.807) is 6.07 Å². The molecule has 1 heterocycles. The first kappa shape index (κ1) is 17.0. The fourth-order valence-corrected chi connectivity index (χ4v) is 6.32. The summed E-state index contributed by atoms with van der Waals surface area (Å²) in [4.78, 5) is -0.0704. The Bertz CT molecular complexity index is 823. The molecule has 2 aromatic rings. The van der Waals surface area contributed by atoms with Crippen molar-refractivity contribution in [3.05, 3.63) is 58.9 Å². The summed E-state index contributed by atoms with van der Waals surface area (Å²) in [5.74, 6) is 1.54. The molecule has 3 rings (SSSR count). The largest absolute Gasteiger partial charge is 0.280 e. The molecule has 1 saturated heterocycles. The molecule has 0 atom stereocenters. The van der Waals surface area contributed by atoms with E-state index in [0.29, 0.717) is 10.3 Å². The Morgan fingerprint density at radius 1 is 1.13 bits per heavy atom. The number of thioether (sulfide) groups is 2. The maximum absolute atomic E-state index is 13.2. The highest BCUT2D eigenvalue weighted by Gasteiger charge is 2.20. The van der Waals surface area contributed by atoms with Gasteiger partial charge in [-0.05, 0) is 35.9 Å². The van der Waals surface area contributed by atoms with Gasteiger partial charge in [-0.1, -0.05) is 23.7 Å². The van der Waals surface area contributed by atoms with Crippen LogP contribution in [0, 0.1) is 5.82 Å². The molecule has 8 heteroatoms. The number of benzene rings is 2. The maximum atomic E-state index is 13.2. The van der Waals surface area contributed by atoms with E-state index in [0.717, 1.165) is 29.2 Å². The summed E-state index contributed by atoms with van der Waals surface area (Å²) in [6, 6.07) is 10.7. The van der Waals surface area contributed by atoms with Crippen molar-refractivity contribution in [2.75, 3.05) is 16.2 Å². The Morgan fingerprint density at radius 3 is 2.57 bits per heavy atom. The van der Waals surface area contributed by atoms with Gasteiger partial charge in [-0.15, -0.1) is 23.5 Å². The fourth-order valence-electron chi connectivity index (χ4n) is 2.16. The average Bonchev–Trinajstić information content (AvgIpc) is 3.04. The molecule has 1 N–H and O–H groups in total. The molecule has 1 aliphatic heterocycles. The minimum atomic E-state index is -3.81. The van der Waals surface area contributed by atoms with Crippen molar-refractivity contribution in [1.29, 1.82) is 0 Å². The summed E-state index contributed by atoms with van der Waals surface area (Å²) in [7, 11) is -3.81. The lowest BCUT2D eigenvalue weighted by Gasteiger charge is -2.12. The average molecular weight is 390 g/mol. The zero-order valence-electron chi connectivity index (χ0n) is 11.8. The van der Waals surface area contributed by atoms with Gasteiger partial charge in [-0.3, -0.25) is 4.72 Å². The van der Waals surface area contributed by atoms with Crippen LogP contribution in [0.5, 0.6) is 0 Å². The zero-order chi connectivity index (χ0) is 16.4. The van der Waals surface area contributed by atoms with Gasteiger partial charge in [0.2, 0.25) is 0 Å². The Balaban J connectivity index is 1.85. The highest BCUT2D eigenvalue weighted by Crippen LogP contribution is 2.45. The van der Waals surface area contributed by atoms with Crippen LogP contribution >= 0.6 is 35.1 Å². The molecule has 122 valence electrons. The molecule has 0 amide bonds. The standard InChI is InChI=1S/C15H13ClFNO2S3/c16-13-9-12(4-5-14(13)17)23(19,20)18-11-3-1-2-10(8-11)15-21-6-7-22-15/h1-5,8-9,15,18H,6-7H2. The van der Waals surface area contributed by atoms with Crippen molar-refractivity contribution in [3.8, 4) is 0 Å². The van der Waals surface area contributed by atoms with Gasteiger partial charge in [-0.2, -0.15) is 0 Å². The number of sulfonamides is 1. The van der Waals surface area contributed by atoms with Gasteiger partial charge in [0.05, 0.1) is 14.5 Å². The van der Waals surface area contributed by atoms with Crippen molar-refractivity contribution >= 4 is 50.8 Å². The number of anilines is 1. The molecule has 2 aromatic carbocycles. The van der Waals surface area contributed by atoms with Crippen LogP contribution in [0.1, 0.15) is 10.1 Å². The lowest BCUT2D eigenvalue weighted by molar-refractivity contribution is 0.599. The summed E-state index contributed by atoms with van der Waals surface area (Å²) in [5, 5.41) is -0.222. The molecule has 0 saturated carbocycles. The lowest BCUT2D eigenvalue weighted by atomic mass is 10.2. The number of rotatable bonds is 4. The van der Waals surface area contributed by atoms with Gasteiger partial charge in [-0.25, -0.2) is 12.8 Å². The van der Waals surface area contributed by atoms with Gasteiger partial charge in [0.15, 0.2) is 0 Å². The Kier molecular flexibility index (Phi) is 5.10. The third-order valence-corrected chi connectivity index (χ3v) is 8.01. The van der Waals surface area contributed by atoms with Crippen LogP contribution in [0.15, 0.2) is 47.4 Å². The van der Waals surface area contributed by atoms with E-state index in [4.69, 9.17) is 11.6 Å². The molecule has 23 heavy (non-hydrogen) atoms. The van der Waals surface area contributed by atoms with E-state index >= 15 is 0 Å². The van der Waals surface area contributed by atoms with Crippen LogP contribution in [-0.2, 0) is 10.0 Å². The summed E-state index contributed by atoms with van der Waals surface area (Å²) in [5.41, 5.74) is 1.56. The predicted octanol–water partition coefficient (Wildman–Crippen LogP) is 4.76. The van der Waals surface area contributed by atoms with Crippen LogP contribution < -0.4 is 4.72 Å². The normalized spacial score (nSPS) is 15.7. The number of nitrogens with one attached hydrogen (secondary N) is 1. The van der Waals surface area contributed by atoms with Crippen molar-refractivity contribution in [2.45, 2.75) is 9.48 Å². The lowest BCUT2D eigenvalue weighted by Crippen LogP contribution is -2.13. The summed E-state index contributed by atoms with van der Waals surface area (Å²) in [6.45, 7) is 0. The molecular weight excluding hydrogens is 377 g/mol.